The molecule has 6 aliphatic heterocycles. The number of aliphatic imine (C=N–C) groups is 4. The second-order valence-corrected chi connectivity index (χ2v) is 30.6. The fraction of sp³-hybridized carbons (Fsp3) is 0.0962. The van der Waals surface area contributed by atoms with Gasteiger partial charge in [0.15, 0.2) is 0 Å². The third kappa shape index (κ3) is 13.0. The molecule has 0 fully saturated rings. The van der Waals surface area contributed by atoms with E-state index in [0.29, 0.717) is 13.1 Å². The molecule has 8 nitrogen and oxygen atoms in total. The number of aryl methyl sites for hydroxylation is 8. The molecular formula is C104H82N8. The van der Waals surface area contributed by atoms with Crippen LogP contribution in [0.1, 0.15) is 123 Å². The lowest BCUT2D eigenvalue weighted by molar-refractivity contribution is 0.745. The first-order valence-electron chi connectivity index (χ1n) is 38.7. The quantitative estimate of drug-likeness (QED) is 0.122. The number of hydrogen-bond acceptors (Lipinski definition) is 4. The van der Waals surface area contributed by atoms with Crippen molar-refractivity contribution in [3.8, 4) is 0 Å². The van der Waals surface area contributed by atoms with Crippen LogP contribution in [0, 0.1) is 55.4 Å². The molecule has 8 heteroatoms. The van der Waals surface area contributed by atoms with Crippen LogP contribution in [0.2, 0.25) is 0 Å². The highest BCUT2D eigenvalue weighted by atomic mass is 15.0. The molecule has 19 rings (SSSR count). The minimum atomic E-state index is 0.511. The maximum Gasteiger partial charge on any atom is 0.0737 e. The van der Waals surface area contributed by atoms with Gasteiger partial charge in [0, 0.05) is 103 Å². The zero-order valence-corrected chi connectivity index (χ0v) is 64.1. The summed E-state index contributed by atoms with van der Waals surface area (Å²) >= 11 is 0. The Balaban J connectivity index is 0.847. The molecule has 0 saturated heterocycles. The van der Waals surface area contributed by atoms with Gasteiger partial charge in [-0.25, -0.2) is 20.0 Å². The van der Waals surface area contributed by atoms with Gasteiger partial charge in [0.2, 0.25) is 0 Å². The molecular weight excluding hydrogens is 1360 g/mol. The van der Waals surface area contributed by atoms with Crippen molar-refractivity contribution >= 4 is 67.4 Å². The fourth-order valence-electron chi connectivity index (χ4n) is 16.5. The standard InChI is InChI=1S/C104H82N8/c1-63-13-29-71(30-14-63)97-81-57-95(103(77-41-25-69(7)26-42-77)93-55-53-91(109-93)101(75-37-21-67(5)22-38-75)89-51-49-87(107-89)99(85-47-45-83(97)105-85)73-33-17-65(3)18-34-73)111(61-81)59-79-11-9-10-12-80(79)60-112-62-82-58-96(112)104(78-43-27-70(8)28-44-78)94-56-54-92(110-94)102(76-39-23-68(6)24-40-76)90-52-50-88(108-90)100(74-35-19-66(4)20-36-74)86-48-46-84(106-86)98(82)72-31-15-64(2)16-32-72/h9-58,61-62,107-108H,59-60H2,1-8H3. The first-order valence-corrected chi connectivity index (χ1v) is 38.7. The first-order chi connectivity index (χ1) is 54.7. The van der Waals surface area contributed by atoms with Gasteiger partial charge in [-0.05, 0) is 196 Å². The SMILES string of the molecule is Cc1ccc(C2=C3C=CC(=N3)C(c3ccc(C)cc3)=c3ccc([nH]3)=C(c3ccc(C)cc3)C3=NC(=C(c4ccc(C)cc4)c4cc2cn4Cc2ccccc2Cn2cc4cc2C(c2ccc(C)cc2)=C2C=CC(=N2)C(c2ccc(C)cc2)=c2ccc([nH]2)=C(c2ccc(C)cc2)C2=NC(=C4c4ccc(C)cc4)C=C2)C=C3)cc1. The number of nitrogens with one attached hydrogen (secondary N) is 2. The van der Waals surface area contributed by atoms with Crippen LogP contribution in [0.15, 0.2) is 359 Å². The number of fused-ring (bicyclic) bond motifs is 12. The molecule has 0 atom stereocenters. The Labute approximate surface area is 653 Å². The van der Waals surface area contributed by atoms with Crippen molar-refractivity contribution in [3.63, 3.8) is 0 Å². The van der Waals surface area contributed by atoms with E-state index in [2.05, 4.69) is 390 Å². The van der Waals surface area contributed by atoms with Gasteiger partial charge >= 0.3 is 0 Å². The zero-order valence-electron chi connectivity index (χ0n) is 64.1. The number of nitrogens with zero attached hydrogens (tertiary/aromatic N) is 6. The Morgan fingerprint density at radius 3 is 0.679 bits per heavy atom. The minimum Gasteiger partial charge on any atom is -0.354 e. The molecule has 6 aliphatic rings. The van der Waals surface area contributed by atoms with Gasteiger partial charge in [-0.3, -0.25) is 0 Å². The molecule has 10 heterocycles. The summed E-state index contributed by atoms with van der Waals surface area (Å²) < 4.78 is 4.96. The zero-order chi connectivity index (χ0) is 75.8. The van der Waals surface area contributed by atoms with E-state index in [0.717, 1.165) is 190 Å². The van der Waals surface area contributed by atoms with Gasteiger partial charge in [-0.2, -0.15) is 0 Å². The average molecular weight is 1440 g/mol. The second-order valence-electron chi connectivity index (χ2n) is 30.6. The molecule has 0 unspecified atom stereocenters. The van der Waals surface area contributed by atoms with E-state index in [-0.39, 0.29) is 0 Å². The van der Waals surface area contributed by atoms with Crippen LogP contribution in [0.5, 0.6) is 0 Å². The lowest BCUT2D eigenvalue weighted by Gasteiger charge is -2.19. The molecule has 9 aromatic carbocycles. The monoisotopic (exact) mass is 1440 g/mol. The van der Waals surface area contributed by atoms with Crippen molar-refractivity contribution in [1.29, 1.82) is 0 Å². The van der Waals surface area contributed by atoms with Crippen LogP contribution in [0.25, 0.3) is 44.6 Å². The lowest BCUT2D eigenvalue weighted by atomic mass is 9.95. The van der Waals surface area contributed by atoms with Crippen LogP contribution >= 0.6 is 0 Å². The van der Waals surface area contributed by atoms with Crippen molar-refractivity contribution in [2.75, 3.05) is 0 Å². The molecule has 2 N–H and O–H groups in total. The Bertz CT molecular complexity index is 6330. The number of hydrogen-bond donors (Lipinski definition) is 2. The van der Waals surface area contributed by atoms with Crippen molar-refractivity contribution in [3.05, 3.63) is 483 Å². The van der Waals surface area contributed by atoms with Gasteiger partial charge in [0.1, 0.15) is 0 Å². The van der Waals surface area contributed by atoms with E-state index in [1.807, 2.05) is 0 Å². The maximum absolute atomic E-state index is 5.83. The van der Waals surface area contributed by atoms with Crippen LogP contribution in [0.3, 0.4) is 0 Å². The van der Waals surface area contributed by atoms with Crippen molar-refractivity contribution < 1.29 is 0 Å². The summed E-state index contributed by atoms with van der Waals surface area (Å²) in [5, 5.41) is 3.86. The van der Waals surface area contributed by atoms with Gasteiger partial charge in [-0.1, -0.05) is 263 Å². The number of benzene rings is 9. The molecule has 0 saturated carbocycles. The summed E-state index contributed by atoms with van der Waals surface area (Å²) in [7, 11) is 0. The lowest BCUT2D eigenvalue weighted by Crippen LogP contribution is -2.21. The van der Waals surface area contributed by atoms with Crippen molar-refractivity contribution in [1.82, 2.24) is 19.1 Å². The van der Waals surface area contributed by atoms with E-state index < -0.39 is 0 Å². The van der Waals surface area contributed by atoms with Gasteiger partial charge < -0.3 is 19.1 Å². The highest BCUT2D eigenvalue weighted by Gasteiger charge is 2.30. The number of aromatic amines is 2. The number of H-pyrrole nitrogens is 2. The third-order valence-electron chi connectivity index (χ3n) is 22.5. The highest BCUT2D eigenvalue weighted by Crippen LogP contribution is 2.43. The summed E-state index contributed by atoms with van der Waals surface area (Å²) in [6.45, 7) is 18.2. The Hall–Kier alpha value is -13.8. The Kier molecular flexibility index (Phi) is 17.4. The number of aromatic nitrogens is 4. The van der Waals surface area contributed by atoms with Crippen molar-refractivity contribution in [2.24, 2.45) is 20.0 Å². The summed E-state index contributed by atoms with van der Waals surface area (Å²) in [6, 6.07) is 93.8. The van der Waals surface area contributed by atoms with Crippen LogP contribution < -0.4 is 21.4 Å². The predicted molar refractivity (Wildman–Crippen MR) is 463 cm³/mol. The minimum absolute atomic E-state index is 0.511. The maximum atomic E-state index is 5.83. The van der Waals surface area contributed by atoms with Crippen LogP contribution in [-0.2, 0) is 13.1 Å². The van der Waals surface area contributed by atoms with Crippen LogP contribution in [0.4, 0.5) is 0 Å². The topological polar surface area (TPSA) is 90.9 Å². The van der Waals surface area contributed by atoms with Gasteiger partial charge in [0.05, 0.1) is 57.0 Å². The smallest absolute Gasteiger partial charge is 0.0737 e. The molecule has 0 amide bonds. The van der Waals surface area contributed by atoms with E-state index in [1.54, 1.807) is 0 Å². The van der Waals surface area contributed by atoms with Gasteiger partial charge in [-0.15, -0.1) is 0 Å². The van der Waals surface area contributed by atoms with Crippen LogP contribution in [-0.4, -0.2) is 41.9 Å². The number of rotatable bonds is 12. The fourth-order valence-corrected chi connectivity index (χ4v) is 16.5. The third-order valence-corrected chi connectivity index (χ3v) is 22.5. The second kappa shape index (κ2) is 28.3. The summed E-state index contributed by atoms with van der Waals surface area (Å²) in [6.07, 6.45) is 22.4. The normalized spacial score (nSPS) is 15.1. The van der Waals surface area contributed by atoms with E-state index >= 15 is 0 Å². The molecule has 13 aromatic rings. The molecule has 0 radical (unpaired) electrons. The molecule has 538 valence electrons. The summed E-state index contributed by atoms with van der Waals surface area (Å²) in [5.74, 6) is 0. The Morgan fingerprint density at radius 2 is 0.438 bits per heavy atom. The Morgan fingerprint density at radius 1 is 0.223 bits per heavy atom. The van der Waals surface area contributed by atoms with Crippen molar-refractivity contribution in [2.45, 2.75) is 68.5 Å². The largest absolute Gasteiger partial charge is 0.354 e. The molecule has 112 heavy (non-hydrogen) atoms. The van der Waals surface area contributed by atoms with Gasteiger partial charge in [0.25, 0.3) is 0 Å². The van der Waals surface area contributed by atoms with E-state index in [1.165, 1.54) is 44.5 Å². The molecule has 0 spiro atoms. The molecule has 0 aliphatic carbocycles. The first kappa shape index (κ1) is 68.7. The molecule has 4 aromatic heterocycles. The van der Waals surface area contributed by atoms with E-state index in [9.17, 15) is 0 Å². The average Bonchev–Trinajstić information content (AvgIpc) is 1.61. The summed E-state index contributed by atoms with van der Waals surface area (Å²) in [5.41, 5.74) is 39.6. The predicted octanol–water partition coefficient (Wildman–Crippen LogP) is 19.8. The highest BCUT2D eigenvalue weighted by molar-refractivity contribution is 6.33. The molecule has 16 bridgehead atoms. The van der Waals surface area contributed by atoms with E-state index in [4.69, 9.17) is 20.0 Å². The number of allylic oxidation sites excluding steroid dienone is 8. The summed E-state index contributed by atoms with van der Waals surface area (Å²) in [4.78, 5) is 31.1.